The van der Waals surface area contributed by atoms with Gasteiger partial charge in [-0.15, -0.1) is 11.8 Å². The fraction of sp³-hybridized carbons (Fsp3) is 0.474. The van der Waals surface area contributed by atoms with E-state index in [1.807, 2.05) is 0 Å². The van der Waals surface area contributed by atoms with Gasteiger partial charge in [-0.3, -0.25) is 9.36 Å². The molecule has 148 valence electrons. The molecule has 5 nitrogen and oxygen atoms in total. The number of hydrogen-bond acceptors (Lipinski definition) is 5. The number of aryl methyl sites for hydroxylation is 3. The van der Waals surface area contributed by atoms with Crippen molar-refractivity contribution < 1.29 is 13.2 Å². The minimum absolute atomic E-state index is 0.0403. The van der Waals surface area contributed by atoms with Gasteiger partial charge in [-0.1, -0.05) is 0 Å². The molecule has 0 unspecified atom stereocenters. The molecule has 1 aliphatic heterocycles. The number of nitrogens with zero attached hydrogens (tertiary/aromatic N) is 4. The van der Waals surface area contributed by atoms with Gasteiger partial charge in [-0.05, 0) is 39.2 Å². The Bertz CT molecular complexity index is 1010. The van der Waals surface area contributed by atoms with Crippen LogP contribution in [0.2, 0.25) is 0 Å². The van der Waals surface area contributed by atoms with Crippen molar-refractivity contribution in [2.45, 2.75) is 57.3 Å². The molecule has 2 aromatic heterocycles. The number of rotatable bonds is 4. The van der Waals surface area contributed by atoms with Gasteiger partial charge in [0.2, 0.25) is 0 Å². The lowest BCUT2D eigenvalue weighted by molar-refractivity contribution is -0.138. The van der Waals surface area contributed by atoms with E-state index >= 15 is 0 Å². The van der Waals surface area contributed by atoms with Gasteiger partial charge < -0.3 is 0 Å². The first-order chi connectivity index (χ1) is 13.2. The Kier molecular flexibility index (Phi) is 5.79. The van der Waals surface area contributed by atoms with Gasteiger partial charge in [0.05, 0.1) is 11.1 Å². The van der Waals surface area contributed by atoms with Crippen LogP contribution in [0.25, 0.3) is 0 Å². The van der Waals surface area contributed by atoms with E-state index in [9.17, 15) is 23.2 Å². The summed E-state index contributed by atoms with van der Waals surface area (Å²) in [6, 6.07) is 2.51. The van der Waals surface area contributed by atoms with Crippen molar-refractivity contribution in [2.24, 2.45) is 0 Å². The number of fused-ring (bicyclic) bond motifs is 1. The summed E-state index contributed by atoms with van der Waals surface area (Å²) in [6.45, 7) is 3.89. The third-order valence-electron chi connectivity index (χ3n) is 4.70. The number of thioether (sulfide) groups is 1. The van der Waals surface area contributed by atoms with E-state index in [4.69, 9.17) is 0 Å². The van der Waals surface area contributed by atoms with Crippen LogP contribution in [0.1, 0.15) is 46.7 Å². The summed E-state index contributed by atoms with van der Waals surface area (Å²) in [5, 5.41) is 9.26. The molecule has 0 bridgehead atoms. The zero-order valence-electron chi connectivity index (χ0n) is 15.6. The fourth-order valence-corrected chi connectivity index (χ4v) is 4.36. The van der Waals surface area contributed by atoms with Crippen LogP contribution in [-0.2, 0) is 25.6 Å². The summed E-state index contributed by atoms with van der Waals surface area (Å²) in [7, 11) is 0. The van der Waals surface area contributed by atoms with Crippen LogP contribution < -0.4 is 5.56 Å². The molecule has 0 aliphatic carbocycles. The van der Waals surface area contributed by atoms with E-state index in [-0.39, 0.29) is 16.3 Å². The van der Waals surface area contributed by atoms with Crippen LogP contribution in [0, 0.1) is 25.2 Å². The molecular formula is C19H19F3N4OS. The monoisotopic (exact) mass is 408 g/mol. The summed E-state index contributed by atoms with van der Waals surface area (Å²) in [5.74, 6) is 1.13. The molecule has 3 heterocycles. The molecule has 0 spiro atoms. The number of hydrogen-bond donors (Lipinski definition) is 0. The molecule has 0 saturated heterocycles. The molecule has 2 aromatic rings. The van der Waals surface area contributed by atoms with Crippen LogP contribution in [0.3, 0.4) is 0 Å². The van der Waals surface area contributed by atoms with Crippen LogP contribution in [-0.4, -0.2) is 20.3 Å². The molecule has 0 N–H and O–H groups in total. The van der Waals surface area contributed by atoms with Crippen molar-refractivity contribution in [2.75, 3.05) is 5.75 Å². The van der Waals surface area contributed by atoms with E-state index in [0.717, 1.165) is 42.9 Å². The van der Waals surface area contributed by atoms with Gasteiger partial charge in [-0.25, -0.2) is 9.97 Å². The van der Waals surface area contributed by atoms with Gasteiger partial charge in [0.25, 0.3) is 5.56 Å². The molecule has 0 saturated carbocycles. The third kappa shape index (κ3) is 4.07. The molecule has 0 aromatic carbocycles. The second-order valence-corrected chi connectivity index (χ2v) is 7.79. The smallest absolute Gasteiger partial charge is 0.296 e. The Balaban J connectivity index is 1.84. The Labute approximate surface area is 164 Å². The Morgan fingerprint density at radius 2 is 2.04 bits per heavy atom. The predicted molar refractivity (Wildman–Crippen MR) is 99.3 cm³/mol. The predicted octanol–water partition coefficient (Wildman–Crippen LogP) is 3.82. The van der Waals surface area contributed by atoms with Crippen molar-refractivity contribution in [1.29, 1.82) is 5.26 Å². The van der Waals surface area contributed by atoms with Gasteiger partial charge in [-0.2, -0.15) is 18.4 Å². The lowest BCUT2D eigenvalue weighted by Gasteiger charge is -2.19. The maximum atomic E-state index is 13.2. The number of aromatic nitrogens is 3. The Hall–Kier alpha value is -2.34. The molecule has 0 atom stereocenters. The number of halogens is 3. The lowest BCUT2D eigenvalue weighted by Crippen LogP contribution is -2.32. The van der Waals surface area contributed by atoms with Crippen molar-refractivity contribution in [1.82, 2.24) is 14.5 Å². The van der Waals surface area contributed by atoms with Crippen molar-refractivity contribution in [3.8, 4) is 6.07 Å². The largest absolute Gasteiger partial charge is 0.417 e. The van der Waals surface area contributed by atoms with Gasteiger partial charge in [0, 0.05) is 35.7 Å². The SMILES string of the molecule is Cc1cc(C(F)(F)F)c(C#N)c(SCCc2c(C)nc3n(c2=O)CCCC3)n1. The summed E-state index contributed by atoms with van der Waals surface area (Å²) in [5.41, 5.74) is -0.0957. The summed E-state index contributed by atoms with van der Waals surface area (Å²) >= 11 is 1.06. The third-order valence-corrected chi connectivity index (χ3v) is 5.68. The van der Waals surface area contributed by atoms with Gasteiger partial charge in [0.1, 0.15) is 16.9 Å². The van der Waals surface area contributed by atoms with Crippen LogP contribution in [0.5, 0.6) is 0 Å². The van der Waals surface area contributed by atoms with E-state index < -0.39 is 17.3 Å². The highest BCUT2D eigenvalue weighted by atomic mass is 32.2. The lowest BCUT2D eigenvalue weighted by atomic mass is 10.1. The highest BCUT2D eigenvalue weighted by molar-refractivity contribution is 7.99. The van der Waals surface area contributed by atoms with Crippen LogP contribution >= 0.6 is 11.8 Å². The number of alkyl halides is 3. The second-order valence-electron chi connectivity index (χ2n) is 6.71. The first-order valence-corrected chi connectivity index (χ1v) is 9.92. The fourth-order valence-electron chi connectivity index (χ4n) is 3.35. The first kappa shape index (κ1) is 20.4. The Morgan fingerprint density at radius 1 is 1.29 bits per heavy atom. The van der Waals surface area contributed by atoms with E-state index in [1.54, 1.807) is 17.6 Å². The molecule has 0 radical (unpaired) electrons. The molecule has 0 amide bonds. The summed E-state index contributed by atoms with van der Waals surface area (Å²) in [6.07, 6.45) is -1.54. The van der Waals surface area contributed by atoms with E-state index in [1.165, 1.54) is 6.92 Å². The molecule has 3 rings (SSSR count). The Morgan fingerprint density at radius 3 is 2.71 bits per heavy atom. The van der Waals surface area contributed by atoms with Gasteiger partial charge >= 0.3 is 6.18 Å². The van der Waals surface area contributed by atoms with E-state index in [2.05, 4.69) is 9.97 Å². The molecule has 1 aliphatic rings. The highest BCUT2D eigenvalue weighted by Gasteiger charge is 2.35. The zero-order chi connectivity index (χ0) is 20.5. The maximum Gasteiger partial charge on any atom is 0.417 e. The zero-order valence-corrected chi connectivity index (χ0v) is 16.4. The van der Waals surface area contributed by atoms with Crippen molar-refractivity contribution in [3.63, 3.8) is 0 Å². The minimum atomic E-state index is -4.62. The van der Waals surface area contributed by atoms with Gasteiger partial charge in [0.15, 0.2) is 0 Å². The standard InChI is InChI=1S/C19H19F3N4OS/c1-11-9-15(19(20,21)22)14(10-23)17(24-11)28-8-6-13-12(2)25-16-5-3-4-7-26(16)18(13)27/h9H,3-8H2,1-2H3. The summed E-state index contributed by atoms with van der Waals surface area (Å²) in [4.78, 5) is 21.4. The summed E-state index contributed by atoms with van der Waals surface area (Å²) < 4.78 is 41.3. The number of nitriles is 1. The first-order valence-electron chi connectivity index (χ1n) is 8.93. The maximum absolute atomic E-state index is 13.2. The second kappa shape index (κ2) is 7.95. The molecular weight excluding hydrogens is 389 g/mol. The normalized spacial score (nSPS) is 13.9. The average Bonchev–Trinajstić information content (AvgIpc) is 2.63. The quantitative estimate of drug-likeness (QED) is 0.720. The highest BCUT2D eigenvalue weighted by Crippen LogP contribution is 2.36. The van der Waals surface area contributed by atoms with Crippen LogP contribution in [0.4, 0.5) is 13.2 Å². The van der Waals surface area contributed by atoms with Crippen molar-refractivity contribution >= 4 is 11.8 Å². The topological polar surface area (TPSA) is 71.6 Å². The molecule has 0 fully saturated rings. The number of pyridine rings is 1. The average molecular weight is 408 g/mol. The molecule has 9 heteroatoms. The van der Waals surface area contributed by atoms with E-state index in [0.29, 0.717) is 30.0 Å². The van der Waals surface area contributed by atoms with Crippen LogP contribution in [0.15, 0.2) is 15.9 Å². The molecule has 28 heavy (non-hydrogen) atoms. The minimum Gasteiger partial charge on any atom is -0.296 e. The van der Waals surface area contributed by atoms with Crippen molar-refractivity contribution in [3.05, 3.63) is 50.3 Å².